The molecule has 1 rings (SSSR count). The second kappa shape index (κ2) is 3.44. The third kappa shape index (κ3) is 1.70. The molecule has 0 radical (unpaired) electrons. The Morgan fingerprint density at radius 3 is 2.50 bits per heavy atom. The highest BCUT2D eigenvalue weighted by Gasteiger charge is 2.23. The van der Waals surface area contributed by atoms with Crippen molar-refractivity contribution in [3.05, 3.63) is 27.7 Å². The standard InChI is InChI=1S/C7H5F2NO4/c8-6(9)5-4(7(13)14)2(11)1-3(12)10-5/h1,6H,(H,13,14)(H2,10,11,12). The number of aromatic carboxylic acids is 1. The molecule has 1 heterocycles. The van der Waals surface area contributed by atoms with Gasteiger partial charge in [0, 0.05) is 6.07 Å². The van der Waals surface area contributed by atoms with Gasteiger partial charge in [0.25, 0.3) is 12.0 Å². The first-order chi connectivity index (χ1) is 6.43. The van der Waals surface area contributed by atoms with Crippen LogP contribution < -0.4 is 5.56 Å². The van der Waals surface area contributed by atoms with E-state index in [0.717, 1.165) is 0 Å². The SMILES string of the molecule is O=C(O)c1c(O)cc(=O)[nH]c1C(F)F. The van der Waals surface area contributed by atoms with Crippen molar-refractivity contribution in [3.63, 3.8) is 0 Å². The third-order valence-electron chi connectivity index (χ3n) is 1.48. The molecule has 0 fully saturated rings. The van der Waals surface area contributed by atoms with Gasteiger partial charge in [0.2, 0.25) is 0 Å². The largest absolute Gasteiger partial charge is 0.507 e. The molecule has 0 aliphatic rings. The van der Waals surface area contributed by atoms with Crippen LogP contribution in [0.25, 0.3) is 0 Å². The fourth-order valence-corrected chi connectivity index (χ4v) is 0.954. The number of halogens is 2. The van der Waals surface area contributed by atoms with Gasteiger partial charge in [-0.05, 0) is 0 Å². The molecular weight excluding hydrogens is 200 g/mol. The molecule has 76 valence electrons. The van der Waals surface area contributed by atoms with Gasteiger partial charge in [0.1, 0.15) is 17.0 Å². The minimum atomic E-state index is -3.17. The van der Waals surface area contributed by atoms with Gasteiger partial charge in [-0.3, -0.25) is 4.79 Å². The van der Waals surface area contributed by atoms with Gasteiger partial charge >= 0.3 is 5.97 Å². The minimum Gasteiger partial charge on any atom is -0.507 e. The Hall–Kier alpha value is -1.92. The Labute approximate surface area is 75.6 Å². The van der Waals surface area contributed by atoms with E-state index in [2.05, 4.69) is 0 Å². The van der Waals surface area contributed by atoms with Crippen molar-refractivity contribution in [2.24, 2.45) is 0 Å². The average molecular weight is 205 g/mol. The molecule has 0 atom stereocenters. The summed E-state index contributed by atoms with van der Waals surface area (Å²) >= 11 is 0. The maximum absolute atomic E-state index is 12.2. The quantitative estimate of drug-likeness (QED) is 0.663. The van der Waals surface area contributed by atoms with Crippen molar-refractivity contribution in [1.29, 1.82) is 0 Å². The fourth-order valence-electron chi connectivity index (χ4n) is 0.954. The van der Waals surface area contributed by atoms with Crippen molar-refractivity contribution < 1.29 is 23.8 Å². The molecule has 0 aromatic carbocycles. The van der Waals surface area contributed by atoms with Gasteiger partial charge < -0.3 is 15.2 Å². The highest BCUT2D eigenvalue weighted by atomic mass is 19.3. The van der Waals surface area contributed by atoms with E-state index >= 15 is 0 Å². The van der Waals surface area contributed by atoms with Crippen LogP contribution in [0.15, 0.2) is 10.9 Å². The van der Waals surface area contributed by atoms with Crippen LogP contribution in [0.5, 0.6) is 5.75 Å². The Morgan fingerprint density at radius 1 is 1.50 bits per heavy atom. The lowest BCUT2D eigenvalue weighted by Crippen LogP contribution is -2.14. The maximum Gasteiger partial charge on any atom is 0.341 e. The van der Waals surface area contributed by atoms with Crippen LogP contribution in [0.2, 0.25) is 0 Å². The molecule has 14 heavy (non-hydrogen) atoms. The Bertz CT molecular complexity index is 426. The highest BCUT2D eigenvalue weighted by Crippen LogP contribution is 2.25. The summed E-state index contributed by atoms with van der Waals surface area (Å²) in [5.74, 6) is -2.70. The predicted octanol–water partition coefficient (Wildman–Crippen LogP) is 0.716. The van der Waals surface area contributed by atoms with E-state index in [-0.39, 0.29) is 0 Å². The molecule has 0 amide bonds. The summed E-state index contributed by atoms with van der Waals surface area (Å²) in [5.41, 5.74) is -3.06. The molecule has 0 aliphatic heterocycles. The first-order valence-corrected chi connectivity index (χ1v) is 3.41. The molecule has 1 aromatic rings. The van der Waals surface area contributed by atoms with E-state index < -0.39 is 35.0 Å². The second-order valence-corrected chi connectivity index (χ2v) is 2.41. The molecular formula is C7H5F2NO4. The summed E-state index contributed by atoms with van der Waals surface area (Å²) in [6.45, 7) is 0. The van der Waals surface area contributed by atoms with E-state index in [0.29, 0.717) is 6.07 Å². The zero-order chi connectivity index (χ0) is 10.9. The van der Waals surface area contributed by atoms with Gasteiger partial charge in [-0.25, -0.2) is 13.6 Å². The zero-order valence-electron chi connectivity index (χ0n) is 6.62. The van der Waals surface area contributed by atoms with E-state index in [1.165, 1.54) is 0 Å². The number of carboxylic acids is 1. The maximum atomic E-state index is 12.2. The monoisotopic (exact) mass is 205 g/mol. The minimum absolute atomic E-state index is 0.523. The fraction of sp³-hybridized carbons (Fsp3) is 0.143. The van der Waals surface area contributed by atoms with Gasteiger partial charge in [-0.15, -0.1) is 0 Å². The average Bonchev–Trinajstić information content (AvgIpc) is 2.01. The van der Waals surface area contributed by atoms with Crippen LogP contribution in [0, 0.1) is 0 Å². The number of carbonyl (C=O) groups is 1. The van der Waals surface area contributed by atoms with Crippen molar-refractivity contribution in [1.82, 2.24) is 4.98 Å². The number of rotatable bonds is 2. The molecule has 0 bridgehead atoms. The normalized spacial score (nSPS) is 10.5. The van der Waals surface area contributed by atoms with Crippen LogP contribution in [0.3, 0.4) is 0 Å². The van der Waals surface area contributed by atoms with Crippen molar-refractivity contribution in [3.8, 4) is 5.75 Å². The van der Waals surface area contributed by atoms with Crippen LogP contribution in [0.1, 0.15) is 22.5 Å². The number of aromatic amines is 1. The Kier molecular flexibility index (Phi) is 2.50. The summed E-state index contributed by atoms with van der Waals surface area (Å²) < 4.78 is 24.4. The molecule has 0 spiro atoms. The van der Waals surface area contributed by atoms with E-state index in [1.54, 1.807) is 4.98 Å². The van der Waals surface area contributed by atoms with Crippen LogP contribution >= 0.6 is 0 Å². The number of aromatic hydroxyl groups is 1. The first-order valence-electron chi connectivity index (χ1n) is 3.41. The molecule has 0 saturated heterocycles. The van der Waals surface area contributed by atoms with Crippen LogP contribution in [0.4, 0.5) is 8.78 Å². The molecule has 0 aliphatic carbocycles. The third-order valence-corrected chi connectivity index (χ3v) is 1.48. The number of aromatic nitrogens is 1. The lowest BCUT2D eigenvalue weighted by molar-refractivity contribution is 0.0678. The zero-order valence-corrected chi connectivity index (χ0v) is 6.62. The molecule has 0 unspecified atom stereocenters. The smallest absolute Gasteiger partial charge is 0.341 e. The number of carboxylic acid groups (broad SMARTS) is 1. The van der Waals surface area contributed by atoms with Crippen LogP contribution in [-0.4, -0.2) is 21.2 Å². The molecule has 3 N–H and O–H groups in total. The Balaban J connectivity index is 3.52. The van der Waals surface area contributed by atoms with E-state index in [4.69, 9.17) is 10.2 Å². The molecule has 1 aromatic heterocycles. The first kappa shape index (κ1) is 10.2. The van der Waals surface area contributed by atoms with Crippen molar-refractivity contribution in [2.75, 3.05) is 0 Å². The number of hydrogen-bond donors (Lipinski definition) is 3. The number of hydrogen-bond acceptors (Lipinski definition) is 3. The van der Waals surface area contributed by atoms with Gasteiger partial charge in [-0.2, -0.15) is 0 Å². The summed E-state index contributed by atoms with van der Waals surface area (Å²) in [7, 11) is 0. The molecule has 7 heteroatoms. The van der Waals surface area contributed by atoms with Crippen molar-refractivity contribution >= 4 is 5.97 Å². The topological polar surface area (TPSA) is 90.4 Å². The number of nitrogens with one attached hydrogen (secondary N) is 1. The van der Waals surface area contributed by atoms with Crippen molar-refractivity contribution in [2.45, 2.75) is 6.43 Å². The summed E-state index contributed by atoms with van der Waals surface area (Å²) in [4.78, 5) is 22.7. The summed E-state index contributed by atoms with van der Waals surface area (Å²) in [6.07, 6.45) is -3.17. The summed E-state index contributed by atoms with van der Waals surface area (Å²) in [6, 6.07) is 0.523. The predicted molar refractivity (Wildman–Crippen MR) is 40.6 cm³/mol. The highest BCUT2D eigenvalue weighted by molar-refractivity contribution is 5.91. The molecule has 0 saturated carbocycles. The van der Waals surface area contributed by atoms with Gasteiger partial charge in [0.05, 0.1) is 0 Å². The Morgan fingerprint density at radius 2 is 2.07 bits per heavy atom. The molecule has 5 nitrogen and oxygen atoms in total. The van der Waals surface area contributed by atoms with Crippen LogP contribution in [-0.2, 0) is 0 Å². The number of H-pyrrole nitrogens is 1. The lowest BCUT2D eigenvalue weighted by atomic mass is 10.2. The van der Waals surface area contributed by atoms with Gasteiger partial charge in [0.15, 0.2) is 0 Å². The summed E-state index contributed by atoms with van der Waals surface area (Å²) in [5, 5.41) is 17.4. The second-order valence-electron chi connectivity index (χ2n) is 2.41. The van der Waals surface area contributed by atoms with Gasteiger partial charge in [-0.1, -0.05) is 0 Å². The van der Waals surface area contributed by atoms with E-state index in [9.17, 15) is 18.4 Å². The number of alkyl halides is 2. The number of pyridine rings is 1. The lowest BCUT2D eigenvalue weighted by Gasteiger charge is -2.05. The van der Waals surface area contributed by atoms with E-state index in [1.807, 2.05) is 0 Å².